The molecule has 0 radical (unpaired) electrons. The first kappa shape index (κ1) is 13.7. The minimum absolute atomic E-state index is 0.135. The highest BCUT2D eigenvalue weighted by molar-refractivity contribution is 6.10. The quantitative estimate of drug-likeness (QED) is 0.906. The van der Waals surface area contributed by atoms with Gasteiger partial charge < -0.3 is 10.4 Å². The second kappa shape index (κ2) is 5.48. The van der Waals surface area contributed by atoms with Crippen LogP contribution in [0.1, 0.15) is 20.7 Å². The molecule has 4 nitrogen and oxygen atoms in total. The molecule has 0 saturated carbocycles. The average molecular weight is 277 g/mol. The number of rotatable bonds is 3. The molecule has 20 heavy (non-hydrogen) atoms. The molecule has 2 aromatic carbocycles. The Morgan fingerprint density at radius 1 is 0.950 bits per heavy atom. The fourth-order valence-electron chi connectivity index (χ4n) is 1.66. The SMILES string of the molecule is O=C(O)c1ccccc1C(=O)Nc1cccc(F)c1F. The van der Waals surface area contributed by atoms with Crippen LogP contribution in [0.25, 0.3) is 0 Å². The Balaban J connectivity index is 2.34. The molecule has 2 N–H and O–H groups in total. The van der Waals surface area contributed by atoms with Crippen LogP contribution in [-0.2, 0) is 0 Å². The molecular formula is C14H9F2NO3. The van der Waals surface area contributed by atoms with E-state index in [4.69, 9.17) is 5.11 Å². The van der Waals surface area contributed by atoms with Crippen LogP contribution in [-0.4, -0.2) is 17.0 Å². The molecule has 0 spiro atoms. The summed E-state index contributed by atoms with van der Waals surface area (Å²) in [6.45, 7) is 0. The number of anilines is 1. The molecule has 0 aromatic heterocycles. The lowest BCUT2D eigenvalue weighted by molar-refractivity contribution is 0.0692. The van der Waals surface area contributed by atoms with Gasteiger partial charge in [-0.15, -0.1) is 0 Å². The van der Waals surface area contributed by atoms with Gasteiger partial charge in [0.15, 0.2) is 11.6 Å². The van der Waals surface area contributed by atoms with Crippen molar-refractivity contribution in [2.75, 3.05) is 5.32 Å². The van der Waals surface area contributed by atoms with Crippen molar-refractivity contribution in [2.45, 2.75) is 0 Å². The van der Waals surface area contributed by atoms with E-state index in [2.05, 4.69) is 5.32 Å². The number of aromatic carboxylic acids is 1. The first-order valence-corrected chi connectivity index (χ1v) is 5.58. The van der Waals surface area contributed by atoms with E-state index in [1.807, 2.05) is 0 Å². The lowest BCUT2D eigenvalue weighted by atomic mass is 10.1. The van der Waals surface area contributed by atoms with Crippen molar-refractivity contribution in [3.63, 3.8) is 0 Å². The zero-order valence-electron chi connectivity index (χ0n) is 10.1. The van der Waals surface area contributed by atoms with Crippen LogP contribution < -0.4 is 5.32 Å². The first-order chi connectivity index (χ1) is 9.50. The van der Waals surface area contributed by atoms with Gasteiger partial charge in [0.2, 0.25) is 0 Å². The summed E-state index contributed by atoms with van der Waals surface area (Å²) in [5.41, 5.74) is -0.708. The van der Waals surface area contributed by atoms with E-state index in [0.717, 1.165) is 6.07 Å². The highest BCUT2D eigenvalue weighted by Gasteiger charge is 2.17. The molecule has 1 amide bonds. The number of nitrogens with one attached hydrogen (secondary N) is 1. The second-order valence-electron chi connectivity index (χ2n) is 3.91. The van der Waals surface area contributed by atoms with Gasteiger partial charge in [-0.1, -0.05) is 18.2 Å². The minimum Gasteiger partial charge on any atom is -0.478 e. The van der Waals surface area contributed by atoms with Crippen molar-refractivity contribution in [3.05, 3.63) is 65.2 Å². The summed E-state index contributed by atoms with van der Waals surface area (Å²) >= 11 is 0. The second-order valence-corrected chi connectivity index (χ2v) is 3.91. The van der Waals surface area contributed by atoms with Crippen molar-refractivity contribution >= 4 is 17.6 Å². The van der Waals surface area contributed by atoms with Gasteiger partial charge in [0.1, 0.15) is 0 Å². The molecule has 6 heteroatoms. The Kier molecular flexibility index (Phi) is 3.74. The molecule has 0 fully saturated rings. The maximum atomic E-state index is 13.4. The summed E-state index contributed by atoms with van der Waals surface area (Å²) in [7, 11) is 0. The summed E-state index contributed by atoms with van der Waals surface area (Å²) < 4.78 is 26.4. The Morgan fingerprint density at radius 2 is 1.60 bits per heavy atom. The fourth-order valence-corrected chi connectivity index (χ4v) is 1.66. The van der Waals surface area contributed by atoms with Gasteiger partial charge in [0.05, 0.1) is 16.8 Å². The Labute approximate surface area is 112 Å². The van der Waals surface area contributed by atoms with Crippen molar-refractivity contribution in [1.29, 1.82) is 0 Å². The highest BCUT2D eigenvalue weighted by atomic mass is 19.2. The number of amides is 1. The van der Waals surface area contributed by atoms with Gasteiger partial charge in [-0.25, -0.2) is 13.6 Å². The minimum atomic E-state index is -1.28. The molecule has 102 valence electrons. The Morgan fingerprint density at radius 3 is 2.25 bits per heavy atom. The van der Waals surface area contributed by atoms with Crippen LogP contribution in [0.5, 0.6) is 0 Å². The topological polar surface area (TPSA) is 66.4 Å². The van der Waals surface area contributed by atoms with Crippen LogP contribution >= 0.6 is 0 Å². The molecule has 0 aliphatic carbocycles. The number of halogens is 2. The lowest BCUT2D eigenvalue weighted by Crippen LogP contribution is -2.17. The summed E-state index contributed by atoms with van der Waals surface area (Å²) in [6, 6.07) is 8.80. The van der Waals surface area contributed by atoms with E-state index in [-0.39, 0.29) is 16.8 Å². The third kappa shape index (κ3) is 2.64. The third-order valence-electron chi connectivity index (χ3n) is 2.60. The smallest absolute Gasteiger partial charge is 0.336 e. The molecule has 0 aliphatic rings. The van der Waals surface area contributed by atoms with E-state index in [1.54, 1.807) is 0 Å². The van der Waals surface area contributed by atoms with Crippen LogP contribution in [0.4, 0.5) is 14.5 Å². The molecule has 2 aromatic rings. The van der Waals surface area contributed by atoms with Gasteiger partial charge in [0, 0.05) is 0 Å². The Hall–Kier alpha value is -2.76. The zero-order valence-corrected chi connectivity index (χ0v) is 10.1. The van der Waals surface area contributed by atoms with Crippen LogP contribution in [0.15, 0.2) is 42.5 Å². The molecule has 0 atom stereocenters. The molecule has 0 aliphatic heterocycles. The summed E-state index contributed by atoms with van der Waals surface area (Å²) in [4.78, 5) is 22.9. The average Bonchev–Trinajstić information content (AvgIpc) is 2.43. The van der Waals surface area contributed by atoms with Gasteiger partial charge in [-0.2, -0.15) is 0 Å². The number of carboxylic acid groups (broad SMARTS) is 1. The largest absolute Gasteiger partial charge is 0.478 e. The van der Waals surface area contributed by atoms with Gasteiger partial charge in [-0.3, -0.25) is 4.79 Å². The van der Waals surface area contributed by atoms with E-state index in [1.165, 1.54) is 36.4 Å². The van der Waals surface area contributed by atoms with E-state index in [9.17, 15) is 18.4 Å². The predicted molar refractivity (Wildman–Crippen MR) is 67.7 cm³/mol. The van der Waals surface area contributed by atoms with Gasteiger partial charge in [-0.05, 0) is 24.3 Å². The van der Waals surface area contributed by atoms with E-state index in [0.29, 0.717) is 0 Å². The van der Waals surface area contributed by atoms with Gasteiger partial charge >= 0.3 is 5.97 Å². The highest BCUT2D eigenvalue weighted by Crippen LogP contribution is 2.18. The summed E-state index contributed by atoms with van der Waals surface area (Å²) in [5, 5.41) is 11.1. The number of carboxylic acids is 1. The molecular weight excluding hydrogens is 268 g/mol. The normalized spacial score (nSPS) is 10.1. The van der Waals surface area contributed by atoms with Crippen LogP contribution in [0.3, 0.4) is 0 Å². The van der Waals surface area contributed by atoms with Crippen molar-refractivity contribution in [3.8, 4) is 0 Å². The van der Waals surface area contributed by atoms with Crippen LogP contribution in [0.2, 0.25) is 0 Å². The summed E-state index contributed by atoms with van der Waals surface area (Å²) in [6.07, 6.45) is 0. The molecule has 2 rings (SSSR count). The Bertz CT molecular complexity index is 686. The van der Waals surface area contributed by atoms with Crippen LogP contribution in [0, 0.1) is 11.6 Å². The fraction of sp³-hybridized carbons (Fsp3) is 0. The number of carbonyl (C=O) groups excluding carboxylic acids is 1. The third-order valence-corrected chi connectivity index (χ3v) is 2.60. The standard InChI is InChI=1S/C14H9F2NO3/c15-10-6-3-7-11(12(10)16)17-13(18)8-4-1-2-5-9(8)14(19)20/h1-7H,(H,17,18)(H,19,20). The predicted octanol–water partition coefficient (Wildman–Crippen LogP) is 2.92. The molecule has 0 heterocycles. The van der Waals surface area contributed by atoms with Crippen molar-refractivity contribution < 1.29 is 23.5 Å². The maximum absolute atomic E-state index is 13.4. The number of hydrogen-bond acceptors (Lipinski definition) is 2. The molecule has 0 unspecified atom stereocenters. The van der Waals surface area contributed by atoms with Gasteiger partial charge in [0.25, 0.3) is 5.91 Å². The van der Waals surface area contributed by atoms with Crippen molar-refractivity contribution in [1.82, 2.24) is 0 Å². The molecule has 0 saturated heterocycles. The summed E-state index contributed by atoms with van der Waals surface area (Å²) in [5.74, 6) is -4.41. The van der Waals surface area contributed by atoms with E-state index < -0.39 is 23.5 Å². The maximum Gasteiger partial charge on any atom is 0.336 e. The van der Waals surface area contributed by atoms with E-state index >= 15 is 0 Å². The number of hydrogen-bond donors (Lipinski definition) is 2. The number of benzene rings is 2. The lowest BCUT2D eigenvalue weighted by Gasteiger charge is -2.08. The monoisotopic (exact) mass is 277 g/mol. The zero-order chi connectivity index (χ0) is 14.7. The van der Waals surface area contributed by atoms with Crippen molar-refractivity contribution in [2.24, 2.45) is 0 Å². The molecule has 0 bridgehead atoms. The number of carbonyl (C=O) groups is 2. The first-order valence-electron chi connectivity index (χ1n) is 5.58.